The van der Waals surface area contributed by atoms with Crippen molar-refractivity contribution in [2.75, 3.05) is 26.7 Å². The minimum absolute atomic E-state index is 0.194. The molecule has 0 radical (unpaired) electrons. The van der Waals surface area contributed by atoms with Gasteiger partial charge in [-0.15, -0.1) is 0 Å². The Labute approximate surface area is 208 Å². The fraction of sp³-hybridized carbons (Fsp3) is 0.581. The van der Waals surface area contributed by atoms with Gasteiger partial charge < -0.3 is 9.64 Å². The van der Waals surface area contributed by atoms with Gasteiger partial charge in [-0.05, 0) is 110 Å². The predicted octanol–water partition coefficient (Wildman–Crippen LogP) is 4.91. The van der Waals surface area contributed by atoms with Crippen molar-refractivity contribution in [3.05, 3.63) is 65.2 Å². The summed E-state index contributed by atoms with van der Waals surface area (Å²) in [5, 5.41) is 0. The summed E-state index contributed by atoms with van der Waals surface area (Å²) < 4.78 is 5.78. The molecule has 4 aliphatic carbocycles. The average molecular weight is 469 g/mol. The number of hydrogen-bond acceptors (Lipinski definition) is 3. The maximum Gasteiger partial charge on any atom is 0.254 e. The molecule has 2 aliphatic heterocycles. The molecule has 182 valence electrons. The zero-order valence-corrected chi connectivity index (χ0v) is 20.8. The number of carbonyl (C=O) groups excluding carboxylic acids is 1. The summed E-state index contributed by atoms with van der Waals surface area (Å²) in [5.74, 6) is 3.39. The standard InChI is InChI=1S/C31H36N2O2/c1-35-24-10-9-22-15-27-30-12-11-26-28(23(17-30)19-33(26)29(34)21-5-3-2-4-6-21)31(30,25(22)16-24)13-14-32(27)18-20-7-8-20/h2-6,9-10,16,20,23,26-28H,7-8,11-15,17-19H2,1H3/t23-,26?,27?,28?,30?,31?/m1/s1. The number of nitrogens with zero attached hydrogens (tertiary/aromatic N) is 2. The highest BCUT2D eigenvalue weighted by molar-refractivity contribution is 5.94. The van der Waals surface area contributed by atoms with Crippen molar-refractivity contribution < 1.29 is 9.53 Å². The lowest BCUT2D eigenvalue weighted by molar-refractivity contribution is -0.102. The summed E-state index contributed by atoms with van der Waals surface area (Å²) in [5.41, 5.74) is 4.56. The zero-order valence-electron chi connectivity index (χ0n) is 20.8. The monoisotopic (exact) mass is 468 g/mol. The number of hydrogen-bond donors (Lipinski definition) is 0. The molecule has 5 fully saturated rings. The average Bonchev–Trinajstić information content (AvgIpc) is 3.59. The van der Waals surface area contributed by atoms with E-state index in [1.54, 1.807) is 18.2 Å². The second kappa shape index (κ2) is 7.12. The number of fused-ring (bicyclic) bond motifs is 1. The van der Waals surface area contributed by atoms with Crippen LogP contribution in [0.1, 0.15) is 60.0 Å². The van der Waals surface area contributed by atoms with E-state index in [0.29, 0.717) is 29.3 Å². The largest absolute Gasteiger partial charge is 0.497 e. The normalized spacial score (nSPS) is 38.7. The Hall–Kier alpha value is -2.33. The second-order valence-corrected chi connectivity index (χ2v) is 12.5. The Bertz CT molecular complexity index is 1190. The van der Waals surface area contributed by atoms with Crippen molar-refractivity contribution in [3.63, 3.8) is 0 Å². The van der Waals surface area contributed by atoms with Crippen LogP contribution >= 0.6 is 0 Å². The molecule has 6 atom stereocenters. The fourth-order valence-electron chi connectivity index (χ4n) is 10.0. The van der Waals surface area contributed by atoms with Gasteiger partial charge in [0.15, 0.2) is 0 Å². The topological polar surface area (TPSA) is 32.8 Å². The summed E-state index contributed by atoms with van der Waals surface area (Å²) in [6.07, 6.45) is 9.06. The van der Waals surface area contributed by atoms with Crippen LogP contribution < -0.4 is 4.74 Å². The Morgan fingerprint density at radius 1 is 1.09 bits per heavy atom. The van der Waals surface area contributed by atoms with E-state index in [2.05, 4.69) is 28.0 Å². The van der Waals surface area contributed by atoms with Crippen molar-refractivity contribution in [1.82, 2.24) is 9.80 Å². The summed E-state index contributed by atoms with van der Waals surface area (Å²) in [6.45, 7) is 3.48. The Morgan fingerprint density at radius 2 is 1.94 bits per heavy atom. The van der Waals surface area contributed by atoms with Crippen LogP contribution in [-0.2, 0) is 11.8 Å². The molecule has 35 heavy (non-hydrogen) atoms. The van der Waals surface area contributed by atoms with Crippen molar-refractivity contribution in [2.45, 2.75) is 62.4 Å². The summed E-state index contributed by atoms with van der Waals surface area (Å²) in [6, 6.07) is 18.0. The van der Waals surface area contributed by atoms with Crippen LogP contribution in [0.5, 0.6) is 5.75 Å². The lowest BCUT2D eigenvalue weighted by Gasteiger charge is -2.66. The van der Waals surface area contributed by atoms with Gasteiger partial charge in [0.2, 0.25) is 0 Å². The maximum atomic E-state index is 13.7. The fourth-order valence-corrected chi connectivity index (χ4v) is 10.0. The van der Waals surface area contributed by atoms with Crippen LogP contribution in [0, 0.1) is 23.2 Å². The minimum Gasteiger partial charge on any atom is -0.497 e. The molecule has 8 rings (SSSR count). The van der Waals surface area contributed by atoms with Gasteiger partial charge in [0.05, 0.1) is 7.11 Å². The molecule has 3 saturated carbocycles. The minimum atomic E-state index is 0.194. The number of methoxy groups -OCH3 is 1. The third-order valence-corrected chi connectivity index (χ3v) is 11.3. The van der Waals surface area contributed by atoms with Crippen LogP contribution in [0.2, 0.25) is 0 Å². The lowest BCUT2D eigenvalue weighted by Crippen LogP contribution is -2.69. The van der Waals surface area contributed by atoms with Gasteiger partial charge in [0, 0.05) is 36.2 Å². The van der Waals surface area contributed by atoms with Crippen LogP contribution in [0.3, 0.4) is 0 Å². The molecule has 5 unspecified atom stereocenters. The number of benzene rings is 2. The summed E-state index contributed by atoms with van der Waals surface area (Å²) in [7, 11) is 1.80. The van der Waals surface area contributed by atoms with Gasteiger partial charge in [-0.2, -0.15) is 0 Å². The molecule has 4 nitrogen and oxygen atoms in total. The molecular formula is C31H36N2O2. The van der Waals surface area contributed by atoms with E-state index < -0.39 is 0 Å². The van der Waals surface area contributed by atoms with Gasteiger partial charge in [0.25, 0.3) is 5.91 Å². The molecule has 2 heterocycles. The quantitative estimate of drug-likeness (QED) is 0.639. The Kier molecular flexibility index (Phi) is 4.24. The lowest BCUT2D eigenvalue weighted by atomic mass is 9.43. The van der Waals surface area contributed by atoms with Crippen molar-refractivity contribution in [3.8, 4) is 5.75 Å². The van der Waals surface area contributed by atoms with Crippen molar-refractivity contribution in [2.24, 2.45) is 23.2 Å². The predicted molar refractivity (Wildman–Crippen MR) is 136 cm³/mol. The van der Waals surface area contributed by atoms with Crippen molar-refractivity contribution in [1.29, 1.82) is 0 Å². The summed E-state index contributed by atoms with van der Waals surface area (Å²) >= 11 is 0. The van der Waals surface area contributed by atoms with E-state index >= 15 is 0 Å². The molecule has 0 aromatic heterocycles. The molecule has 2 aromatic carbocycles. The van der Waals surface area contributed by atoms with E-state index in [-0.39, 0.29) is 11.3 Å². The third-order valence-electron chi connectivity index (χ3n) is 11.3. The zero-order chi connectivity index (χ0) is 23.4. The van der Waals surface area contributed by atoms with Crippen LogP contribution in [0.4, 0.5) is 0 Å². The molecule has 2 saturated heterocycles. The van der Waals surface area contributed by atoms with Gasteiger partial charge >= 0.3 is 0 Å². The highest BCUT2D eigenvalue weighted by Gasteiger charge is 2.76. The first-order valence-electron chi connectivity index (χ1n) is 13.9. The van der Waals surface area contributed by atoms with Gasteiger partial charge in [-0.1, -0.05) is 24.3 Å². The number of amides is 1. The molecule has 0 N–H and O–H groups in total. The molecular weight excluding hydrogens is 432 g/mol. The number of ether oxygens (including phenoxy) is 1. The SMILES string of the molecule is COc1ccc2c(c1)C13CCN(CC4CC4)C(C2)C12CCC1C3[C@@H](CN1C(=O)c1ccccc1)C2. The highest BCUT2D eigenvalue weighted by atomic mass is 16.5. The number of carbonyl (C=O) groups is 1. The van der Waals surface area contributed by atoms with Gasteiger partial charge in [-0.3, -0.25) is 9.69 Å². The molecule has 2 aromatic rings. The molecule has 0 spiro atoms. The van der Waals surface area contributed by atoms with Crippen LogP contribution in [-0.4, -0.2) is 54.5 Å². The Morgan fingerprint density at radius 3 is 2.74 bits per heavy atom. The number of piperidine rings is 1. The van der Waals surface area contributed by atoms with E-state index in [0.717, 1.165) is 23.8 Å². The van der Waals surface area contributed by atoms with Gasteiger partial charge in [-0.25, -0.2) is 0 Å². The molecule has 1 amide bonds. The maximum absolute atomic E-state index is 13.7. The number of likely N-dealkylation sites (tertiary alicyclic amines) is 2. The van der Waals surface area contributed by atoms with E-state index in [1.807, 2.05) is 30.3 Å². The highest BCUT2D eigenvalue weighted by Crippen LogP contribution is 2.75. The molecule has 4 heteroatoms. The second-order valence-electron chi connectivity index (χ2n) is 12.5. The molecule has 4 bridgehead atoms. The first kappa shape index (κ1) is 20.8. The first-order valence-corrected chi connectivity index (χ1v) is 13.9. The Balaban J connectivity index is 1.25. The first-order chi connectivity index (χ1) is 17.1. The van der Waals surface area contributed by atoms with Crippen LogP contribution in [0.25, 0.3) is 0 Å². The van der Waals surface area contributed by atoms with Gasteiger partial charge in [0.1, 0.15) is 5.75 Å². The van der Waals surface area contributed by atoms with E-state index in [4.69, 9.17) is 4.74 Å². The smallest absolute Gasteiger partial charge is 0.254 e. The van der Waals surface area contributed by atoms with Crippen LogP contribution in [0.15, 0.2) is 48.5 Å². The van der Waals surface area contributed by atoms with E-state index in [1.165, 1.54) is 58.0 Å². The van der Waals surface area contributed by atoms with E-state index in [9.17, 15) is 4.79 Å². The molecule has 6 aliphatic rings. The third kappa shape index (κ3) is 2.59. The van der Waals surface area contributed by atoms with Crippen molar-refractivity contribution >= 4 is 5.91 Å². The summed E-state index contributed by atoms with van der Waals surface area (Å²) in [4.78, 5) is 18.9. The number of rotatable bonds is 4.